The van der Waals surface area contributed by atoms with Crippen molar-refractivity contribution in [1.29, 1.82) is 0 Å². The van der Waals surface area contributed by atoms with Gasteiger partial charge in [-0.3, -0.25) is 0 Å². The molecule has 0 radical (unpaired) electrons. The van der Waals surface area contributed by atoms with E-state index in [0.717, 1.165) is 5.56 Å². The lowest BCUT2D eigenvalue weighted by atomic mass is 10.1. The predicted octanol–water partition coefficient (Wildman–Crippen LogP) is 4.01. The van der Waals surface area contributed by atoms with Crippen LogP contribution in [0.2, 0.25) is 5.02 Å². The zero-order chi connectivity index (χ0) is 17.1. The number of hydrogen-bond donors (Lipinski definition) is 1. The molecule has 0 fully saturated rings. The molecule has 1 heterocycles. The third-order valence-electron chi connectivity index (χ3n) is 3.75. The van der Waals surface area contributed by atoms with Crippen LogP contribution in [-0.4, -0.2) is 20.6 Å². The van der Waals surface area contributed by atoms with Crippen molar-refractivity contribution in [2.75, 3.05) is 0 Å². The van der Waals surface area contributed by atoms with Gasteiger partial charge in [0.25, 0.3) is 0 Å². The van der Waals surface area contributed by atoms with Crippen LogP contribution in [0, 0.1) is 5.82 Å². The number of rotatable bonds is 5. The van der Waals surface area contributed by atoms with E-state index < -0.39 is 5.97 Å². The van der Waals surface area contributed by atoms with Gasteiger partial charge in [-0.2, -0.15) is 0 Å². The van der Waals surface area contributed by atoms with E-state index in [4.69, 9.17) is 16.7 Å². The smallest absolute Gasteiger partial charge is 0.335 e. The number of hydrogen-bond acceptors (Lipinski definition) is 2. The first kappa shape index (κ1) is 16.2. The summed E-state index contributed by atoms with van der Waals surface area (Å²) in [5, 5.41) is 9.30. The molecule has 0 bridgehead atoms. The first-order valence-electron chi connectivity index (χ1n) is 7.29. The van der Waals surface area contributed by atoms with E-state index in [1.54, 1.807) is 48.8 Å². The SMILES string of the molecule is O=C(O)c1ccc(Cn2ccnc2Cc2c(F)cccc2Cl)cc1. The summed E-state index contributed by atoms with van der Waals surface area (Å²) in [6.45, 7) is 0.515. The number of nitrogens with zero attached hydrogens (tertiary/aromatic N) is 2. The van der Waals surface area contributed by atoms with Crippen molar-refractivity contribution < 1.29 is 14.3 Å². The lowest BCUT2D eigenvalue weighted by Crippen LogP contribution is -2.07. The van der Waals surface area contributed by atoms with Gasteiger partial charge in [0.15, 0.2) is 0 Å². The Balaban J connectivity index is 1.82. The summed E-state index contributed by atoms with van der Waals surface area (Å²) < 4.78 is 15.8. The van der Waals surface area contributed by atoms with Crippen molar-refractivity contribution in [2.24, 2.45) is 0 Å². The molecular formula is C18H14ClFN2O2. The topological polar surface area (TPSA) is 55.1 Å². The number of aromatic carboxylic acids is 1. The van der Waals surface area contributed by atoms with Crippen LogP contribution in [0.3, 0.4) is 0 Å². The second-order valence-corrected chi connectivity index (χ2v) is 5.76. The van der Waals surface area contributed by atoms with Gasteiger partial charge in [-0.05, 0) is 29.8 Å². The first-order valence-corrected chi connectivity index (χ1v) is 7.67. The maximum Gasteiger partial charge on any atom is 0.335 e. The molecule has 4 nitrogen and oxygen atoms in total. The lowest BCUT2D eigenvalue weighted by molar-refractivity contribution is 0.0697. The maximum atomic E-state index is 13.9. The third kappa shape index (κ3) is 3.46. The summed E-state index contributed by atoms with van der Waals surface area (Å²) in [7, 11) is 0. The molecule has 0 aliphatic heterocycles. The maximum absolute atomic E-state index is 13.9. The Bertz CT molecular complexity index is 855. The second-order valence-electron chi connectivity index (χ2n) is 5.35. The minimum atomic E-state index is -0.959. The van der Waals surface area contributed by atoms with Crippen LogP contribution in [0.1, 0.15) is 27.3 Å². The molecule has 3 aromatic rings. The van der Waals surface area contributed by atoms with Gasteiger partial charge in [0.05, 0.1) is 5.56 Å². The van der Waals surface area contributed by atoms with Gasteiger partial charge < -0.3 is 9.67 Å². The van der Waals surface area contributed by atoms with Gasteiger partial charge in [-0.15, -0.1) is 0 Å². The van der Waals surface area contributed by atoms with Crippen molar-refractivity contribution in [3.8, 4) is 0 Å². The zero-order valence-electron chi connectivity index (χ0n) is 12.6. The predicted molar refractivity (Wildman–Crippen MR) is 88.9 cm³/mol. The van der Waals surface area contributed by atoms with E-state index in [-0.39, 0.29) is 17.8 Å². The third-order valence-corrected chi connectivity index (χ3v) is 4.11. The minimum absolute atomic E-state index is 0.239. The molecule has 0 amide bonds. The number of aromatic nitrogens is 2. The molecule has 0 saturated carbocycles. The normalized spacial score (nSPS) is 10.8. The highest BCUT2D eigenvalue weighted by atomic mass is 35.5. The molecule has 3 rings (SSSR count). The van der Waals surface area contributed by atoms with Gasteiger partial charge in [0.2, 0.25) is 0 Å². The Kier molecular flexibility index (Phi) is 4.62. The van der Waals surface area contributed by atoms with E-state index in [9.17, 15) is 9.18 Å². The Labute approximate surface area is 143 Å². The molecule has 0 saturated heterocycles. The van der Waals surface area contributed by atoms with E-state index in [1.807, 2.05) is 4.57 Å². The van der Waals surface area contributed by atoms with E-state index in [1.165, 1.54) is 6.07 Å². The first-order chi connectivity index (χ1) is 11.5. The standard InChI is InChI=1S/C18H14ClFN2O2/c19-15-2-1-3-16(20)14(15)10-17-21-8-9-22(17)11-12-4-6-13(7-5-12)18(23)24/h1-9H,10-11H2,(H,23,24). The van der Waals surface area contributed by atoms with Gasteiger partial charge >= 0.3 is 5.97 Å². The molecule has 1 aromatic heterocycles. The van der Waals surface area contributed by atoms with Crippen molar-refractivity contribution in [3.63, 3.8) is 0 Å². The number of carbonyl (C=O) groups is 1. The molecule has 0 atom stereocenters. The van der Waals surface area contributed by atoms with E-state index in [2.05, 4.69) is 4.98 Å². The zero-order valence-corrected chi connectivity index (χ0v) is 13.4. The average molecular weight is 345 g/mol. The van der Waals surface area contributed by atoms with Crippen LogP contribution in [-0.2, 0) is 13.0 Å². The van der Waals surface area contributed by atoms with Crippen molar-refractivity contribution in [1.82, 2.24) is 9.55 Å². The number of carboxylic acids is 1. The summed E-state index contributed by atoms with van der Waals surface area (Å²) >= 11 is 6.07. The highest BCUT2D eigenvalue weighted by molar-refractivity contribution is 6.31. The molecule has 0 aliphatic rings. The van der Waals surface area contributed by atoms with Crippen molar-refractivity contribution in [3.05, 3.63) is 88.2 Å². The second kappa shape index (κ2) is 6.84. The average Bonchev–Trinajstić information content (AvgIpc) is 2.98. The summed E-state index contributed by atoms with van der Waals surface area (Å²) in [6, 6.07) is 11.2. The largest absolute Gasteiger partial charge is 0.478 e. The van der Waals surface area contributed by atoms with Crippen LogP contribution < -0.4 is 0 Å². The number of benzene rings is 2. The van der Waals surface area contributed by atoms with Gasteiger partial charge in [0.1, 0.15) is 11.6 Å². The van der Waals surface area contributed by atoms with Crippen molar-refractivity contribution >= 4 is 17.6 Å². The molecule has 2 aromatic carbocycles. The van der Waals surface area contributed by atoms with Gasteiger partial charge in [-0.1, -0.05) is 29.8 Å². The van der Waals surface area contributed by atoms with Crippen LogP contribution >= 0.6 is 11.6 Å². The van der Waals surface area contributed by atoms with Crippen molar-refractivity contribution in [2.45, 2.75) is 13.0 Å². The molecule has 0 aliphatic carbocycles. The van der Waals surface area contributed by atoms with Gasteiger partial charge in [-0.25, -0.2) is 14.2 Å². The van der Waals surface area contributed by atoms with E-state index >= 15 is 0 Å². The Morgan fingerprint density at radius 1 is 1.21 bits per heavy atom. The van der Waals surface area contributed by atoms with Crippen LogP contribution in [0.5, 0.6) is 0 Å². The molecule has 122 valence electrons. The summed E-state index contributed by atoms with van der Waals surface area (Å²) in [6.07, 6.45) is 3.73. The number of carboxylic acid groups (broad SMARTS) is 1. The Hall–Kier alpha value is -2.66. The summed E-state index contributed by atoms with van der Waals surface area (Å²) in [5.74, 6) is -0.633. The van der Waals surface area contributed by atoms with Crippen LogP contribution in [0.25, 0.3) is 0 Å². The van der Waals surface area contributed by atoms with Crippen LogP contribution in [0.4, 0.5) is 4.39 Å². The van der Waals surface area contributed by atoms with Gasteiger partial charge in [0, 0.05) is 35.9 Å². The Morgan fingerprint density at radius 3 is 2.62 bits per heavy atom. The molecule has 24 heavy (non-hydrogen) atoms. The lowest BCUT2D eigenvalue weighted by Gasteiger charge is -2.10. The molecule has 1 N–H and O–H groups in total. The molecule has 0 spiro atoms. The number of imidazole rings is 1. The highest BCUT2D eigenvalue weighted by Gasteiger charge is 2.12. The number of halogens is 2. The fourth-order valence-electron chi connectivity index (χ4n) is 2.46. The monoisotopic (exact) mass is 344 g/mol. The fraction of sp³-hybridized carbons (Fsp3) is 0.111. The van der Waals surface area contributed by atoms with E-state index in [0.29, 0.717) is 23.0 Å². The summed E-state index contributed by atoms with van der Waals surface area (Å²) in [5.41, 5.74) is 1.58. The van der Waals surface area contributed by atoms with Crippen LogP contribution in [0.15, 0.2) is 54.9 Å². The highest BCUT2D eigenvalue weighted by Crippen LogP contribution is 2.22. The fourth-order valence-corrected chi connectivity index (χ4v) is 2.69. The minimum Gasteiger partial charge on any atom is -0.478 e. The molecule has 0 unspecified atom stereocenters. The Morgan fingerprint density at radius 2 is 1.96 bits per heavy atom. The molecule has 6 heteroatoms. The summed E-state index contributed by atoms with van der Waals surface area (Å²) in [4.78, 5) is 15.2. The molecular weight excluding hydrogens is 331 g/mol. The quantitative estimate of drug-likeness (QED) is 0.760.